The van der Waals surface area contributed by atoms with Crippen LogP contribution in [0, 0.1) is 0 Å². The van der Waals surface area contributed by atoms with Gasteiger partial charge in [0.1, 0.15) is 17.8 Å². The first kappa shape index (κ1) is 11.1. The number of ether oxygens (including phenoxy) is 1. The molecule has 0 fully saturated rings. The molecule has 2 rings (SSSR count). The van der Waals surface area contributed by atoms with E-state index in [-0.39, 0.29) is 0 Å². The predicted molar refractivity (Wildman–Crippen MR) is 67.6 cm³/mol. The number of aldehydes is 1. The summed E-state index contributed by atoms with van der Waals surface area (Å²) in [5.74, 6) is 1.26. The number of rotatable bonds is 4. The van der Waals surface area contributed by atoms with Crippen molar-refractivity contribution in [2.24, 2.45) is 0 Å². The fourth-order valence-corrected chi connectivity index (χ4v) is 1.47. The molecule has 0 aromatic heterocycles. The van der Waals surface area contributed by atoms with Crippen LogP contribution in [0.1, 0.15) is 5.56 Å². The second-order valence-electron chi connectivity index (χ2n) is 3.45. The van der Waals surface area contributed by atoms with E-state index in [1.165, 1.54) is 6.08 Å². The number of benzene rings is 2. The summed E-state index contributed by atoms with van der Waals surface area (Å²) in [6.45, 7) is 0. The number of hydrogen-bond donors (Lipinski definition) is 0. The maximum atomic E-state index is 10.6. The van der Waals surface area contributed by atoms with Crippen LogP contribution in [-0.4, -0.2) is 6.29 Å². The first-order valence-electron chi connectivity index (χ1n) is 5.34. The Balaban J connectivity index is 2.26. The van der Waals surface area contributed by atoms with Crippen LogP contribution < -0.4 is 4.74 Å². The third kappa shape index (κ3) is 3.05. The number of carbonyl (C=O) groups excluding carboxylic acids is 1. The Morgan fingerprint density at radius 3 is 2.06 bits per heavy atom. The molecule has 0 N–H and O–H groups in total. The Morgan fingerprint density at radius 1 is 0.882 bits per heavy atom. The van der Waals surface area contributed by atoms with Gasteiger partial charge in [-0.1, -0.05) is 48.5 Å². The van der Waals surface area contributed by atoms with E-state index in [2.05, 4.69) is 0 Å². The third-order valence-corrected chi connectivity index (χ3v) is 2.25. The maximum absolute atomic E-state index is 10.6. The molecule has 0 aliphatic heterocycles. The lowest BCUT2D eigenvalue weighted by Gasteiger charge is -2.09. The summed E-state index contributed by atoms with van der Waals surface area (Å²) in [6, 6.07) is 18.9. The molecule has 0 saturated heterocycles. The Morgan fingerprint density at radius 2 is 1.47 bits per heavy atom. The summed E-state index contributed by atoms with van der Waals surface area (Å²) in [5.41, 5.74) is 0.878. The molecule has 17 heavy (non-hydrogen) atoms. The lowest BCUT2D eigenvalue weighted by molar-refractivity contribution is -0.104. The average molecular weight is 224 g/mol. The van der Waals surface area contributed by atoms with Gasteiger partial charge in [-0.25, -0.2) is 0 Å². The zero-order chi connectivity index (χ0) is 11.9. The van der Waals surface area contributed by atoms with Crippen LogP contribution in [0.25, 0.3) is 5.76 Å². The molecule has 0 unspecified atom stereocenters. The molecule has 0 radical (unpaired) electrons. The summed E-state index contributed by atoms with van der Waals surface area (Å²) in [5, 5.41) is 0. The average Bonchev–Trinajstić information content (AvgIpc) is 2.40. The standard InChI is InChI=1S/C15H12O2/c16-12-11-15(13-7-3-1-4-8-13)17-14-9-5-2-6-10-14/h1-12H. The maximum Gasteiger partial charge on any atom is 0.146 e. The van der Waals surface area contributed by atoms with Gasteiger partial charge in [-0.3, -0.25) is 4.79 Å². The van der Waals surface area contributed by atoms with Crippen LogP contribution in [0.2, 0.25) is 0 Å². The molecule has 84 valence electrons. The highest BCUT2D eigenvalue weighted by Crippen LogP contribution is 2.19. The smallest absolute Gasteiger partial charge is 0.146 e. The van der Waals surface area contributed by atoms with Crippen molar-refractivity contribution in [3.8, 4) is 5.75 Å². The second-order valence-corrected chi connectivity index (χ2v) is 3.45. The van der Waals surface area contributed by atoms with Gasteiger partial charge in [0, 0.05) is 11.6 Å². The fraction of sp³-hybridized carbons (Fsp3) is 0. The number of hydrogen-bond acceptors (Lipinski definition) is 2. The summed E-state index contributed by atoms with van der Waals surface area (Å²) < 4.78 is 5.67. The number of carbonyl (C=O) groups is 1. The predicted octanol–water partition coefficient (Wildman–Crippen LogP) is 3.31. The van der Waals surface area contributed by atoms with Crippen molar-refractivity contribution in [1.82, 2.24) is 0 Å². The van der Waals surface area contributed by atoms with Crippen molar-refractivity contribution in [3.05, 3.63) is 72.3 Å². The zero-order valence-corrected chi connectivity index (χ0v) is 9.24. The summed E-state index contributed by atoms with van der Waals surface area (Å²) >= 11 is 0. The minimum absolute atomic E-state index is 0.548. The Hall–Kier alpha value is -2.35. The molecule has 0 aliphatic rings. The molecule has 2 aromatic carbocycles. The van der Waals surface area contributed by atoms with Gasteiger partial charge in [0.2, 0.25) is 0 Å². The fourth-order valence-electron chi connectivity index (χ4n) is 1.47. The lowest BCUT2D eigenvalue weighted by Crippen LogP contribution is -1.95. The largest absolute Gasteiger partial charge is 0.457 e. The van der Waals surface area contributed by atoms with Crippen molar-refractivity contribution in [3.63, 3.8) is 0 Å². The summed E-state index contributed by atoms with van der Waals surface area (Å²) in [6.07, 6.45) is 2.15. The third-order valence-electron chi connectivity index (χ3n) is 2.25. The van der Waals surface area contributed by atoms with Crippen LogP contribution in [0.3, 0.4) is 0 Å². The topological polar surface area (TPSA) is 26.3 Å². The van der Waals surface area contributed by atoms with E-state index < -0.39 is 0 Å². The van der Waals surface area contributed by atoms with Crippen LogP contribution in [0.4, 0.5) is 0 Å². The van der Waals surface area contributed by atoms with Crippen molar-refractivity contribution >= 4 is 12.0 Å². The molecule has 0 spiro atoms. The van der Waals surface area contributed by atoms with E-state index in [4.69, 9.17) is 4.74 Å². The van der Waals surface area contributed by atoms with Gasteiger partial charge in [0.15, 0.2) is 0 Å². The Labute approximate surface area is 100 Å². The molecule has 2 nitrogen and oxygen atoms in total. The monoisotopic (exact) mass is 224 g/mol. The molecular weight excluding hydrogens is 212 g/mol. The van der Waals surface area contributed by atoms with Crippen molar-refractivity contribution in [2.45, 2.75) is 0 Å². The molecule has 0 bridgehead atoms. The van der Waals surface area contributed by atoms with Gasteiger partial charge in [0.25, 0.3) is 0 Å². The van der Waals surface area contributed by atoms with Crippen LogP contribution in [-0.2, 0) is 4.79 Å². The molecule has 0 heterocycles. The zero-order valence-electron chi connectivity index (χ0n) is 9.24. The molecule has 0 amide bonds. The van der Waals surface area contributed by atoms with Gasteiger partial charge in [0.05, 0.1) is 0 Å². The van der Waals surface area contributed by atoms with Crippen LogP contribution in [0.5, 0.6) is 5.75 Å². The van der Waals surface area contributed by atoms with Crippen LogP contribution >= 0.6 is 0 Å². The molecule has 0 atom stereocenters. The highest BCUT2D eigenvalue weighted by atomic mass is 16.5. The second kappa shape index (κ2) is 5.66. The molecule has 0 aliphatic carbocycles. The van der Waals surface area contributed by atoms with E-state index in [1.807, 2.05) is 60.7 Å². The molecule has 2 aromatic rings. The molecule has 2 heteroatoms. The van der Waals surface area contributed by atoms with Gasteiger partial charge < -0.3 is 4.74 Å². The van der Waals surface area contributed by atoms with E-state index in [0.717, 1.165) is 11.8 Å². The number of para-hydroxylation sites is 1. The highest BCUT2D eigenvalue weighted by molar-refractivity contribution is 5.79. The van der Waals surface area contributed by atoms with E-state index in [1.54, 1.807) is 0 Å². The molecule has 0 saturated carbocycles. The van der Waals surface area contributed by atoms with Crippen molar-refractivity contribution < 1.29 is 9.53 Å². The lowest BCUT2D eigenvalue weighted by atomic mass is 10.2. The quantitative estimate of drug-likeness (QED) is 0.452. The summed E-state index contributed by atoms with van der Waals surface area (Å²) in [4.78, 5) is 10.6. The van der Waals surface area contributed by atoms with E-state index in [9.17, 15) is 4.79 Å². The van der Waals surface area contributed by atoms with Gasteiger partial charge in [-0.05, 0) is 12.1 Å². The Bertz CT molecular complexity index is 501. The van der Waals surface area contributed by atoms with Gasteiger partial charge in [-0.15, -0.1) is 0 Å². The normalized spacial score (nSPS) is 10.9. The molecular formula is C15H12O2. The van der Waals surface area contributed by atoms with Crippen molar-refractivity contribution in [1.29, 1.82) is 0 Å². The van der Waals surface area contributed by atoms with Crippen molar-refractivity contribution in [2.75, 3.05) is 0 Å². The first-order chi connectivity index (χ1) is 8.40. The van der Waals surface area contributed by atoms with Gasteiger partial charge in [-0.2, -0.15) is 0 Å². The van der Waals surface area contributed by atoms with E-state index >= 15 is 0 Å². The Kier molecular flexibility index (Phi) is 3.71. The highest BCUT2D eigenvalue weighted by Gasteiger charge is 2.03. The minimum Gasteiger partial charge on any atom is -0.457 e. The van der Waals surface area contributed by atoms with Crippen LogP contribution in [0.15, 0.2) is 66.7 Å². The van der Waals surface area contributed by atoms with E-state index in [0.29, 0.717) is 11.5 Å². The summed E-state index contributed by atoms with van der Waals surface area (Å²) in [7, 11) is 0. The SMILES string of the molecule is O=CC=C(Oc1ccccc1)c1ccccc1. The minimum atomic E-state index is 0.548. The number of allylic oxidation sites excluding steroid dienone is 1. The van der Waals surface area contributed by atoms with Gasteiger partial charge >= 0.3 is 0 Å². The first-order valence-corrected chi connectivity index (χ1v) is 5.34.